The Bertz CT molecular complexity index is 499. The Hall–Kier alpha value is -2.23. The van der Waals surface area contributed by atoms with Gasteiger partial charge in [-0.25, -0.2) is 0 Å². The molecule has 1 heterocycles. The SMILES string of the molecule is O=Cc1ccc(-c2cc(O)ccc2O)o1. The first-order chi connectivity index (χ1) is 7.20. The molecule has 0 amide bonds. The van der Waals surface area contributed by atoms with E-state index in [9.17, 15) is 15.0 Å². The maximum Gasteiger partial charge on any atom is 0.185 e. The second-order valence-electron chi connectivity index (χ2n) is 3.02. The lowest BCUT2D eigenvalue weighted by atomic mass is 10.1. The van der Waals surface area contributed by atoms with Gasteiger partial charge in [-0.2, -0.15) is 0 Å². The molecule has 2 rings (SSSR count). The van der Waals surface area contributed by atoms with Gasteiger partial charge in [-0.15, -0.1) is 0 Å². The van der Waals surface area contributed by atoms with Gasteiger partial charge in [0.15, 0.2) is 12.0 Å². The highest BCUT2D eigenvalue weighted by molar-refractivity contribution is 5.74. The van der Waals surface area contributed by atoms with Gasteiger partial charge in [-0.05, 0) is 30.3 Å². The standard InChI is InChI=1S/C11H8O4/c12-6-8-2-4-11(15-8)9-5-7(13)1-3-10(9)14/h1-6,13-14H. The molecular weight excluding hydrogens is 196 g/mol. The molecule has 2 aromatic rings. The van der Waals surface area contributed by atoms with Gasteiger partial charge < -0.3 is 14.6 Å². The molecule has 0 spiro atoms. The number of carbonyl (C=O) groups excluding carboxylic acids is 1. The number of benzene rings is 1. The summed E-state index contributed by atoms with van der Waals surface area (Å²) in [5.41, 5.74) is 0.350. The zero-order valence-corrected chi connectivity index (χ0v) is 7.68. The normalized spacial score (nSPS) is 10.1. The lowest BCUT2D eigenvalue weighted by Gasteiger charge is -2.01. The van der Waals surface area contributed by atoms with Crippen LogP contribution in [-0.4, -0.2) is 16.5 Å². The van der Waals surface area contributed by atoms with E-state index in [0.717, 1.165) is 0 Å². The number of furan rings is 1. The Labute approximate surface area is 85.4 Å². The minimum absolute atomic E-state index is 0.0143. The van der Waals surface area contributed by atoms with Crippen molar-refractivity contribution in [3.8, 4) is 22.8 Å². The van der Waals surface area contributed by atoms with E-state index >= 15 is 0 Å². The fourth-order valence-electron chi connectivity index (χ4n) is 1.28. The second-order valence-corrected chi connectivity index (χ2v) is 3.02. The summed E-state index contributed by atoms with van der Waals surface area (Å²) in [5.74, 6) is 0.518. The van der Waals surface area contributed by atoms with Crippen molar-refractivity contribution >= 4 is 6.29 Å². The Kier molecular flexibility index (Phi) is 2.17. The molecule has 2 N–H and O–H groups in total. The maximum absolute atomic E-state index is 10.4. The fourth-order valence-corrected chi connectivity index (χ4v) is 1.28. The molecule has 0 saturated heterocycles. The Morgan fingerprint density at radius 2 is 1.93 bits per heavy atom. The first kappa shape index (κ1) is 9.33. The van der Waals surface area contributed by atoms with Gasteiger partial charge in [0, 0.05) is 0 Å². The van der Waals surface area contributed by atoms with Crippen LogP contribution < -0.4 is 0 Å². The number of aromatic hydroxyl groups is 2. The molecule has 0 saturated carbocycles. The van der Waals surface area contributed by atoms with E-state index in [1.54, 1.807) is 6.07 Å². The molecule has 0 unspecified atom stereocenters. The van der Waals surface area contributed by atoms with Crippen LogP contribution in [0.15, 0.2) is 34.7 Å². The number of phenolic OH excluding ortho intramolecular Hbond substituents is 2. The Morgan fingerprint density at radius 1 is 1.13 bits per heavy atom. The molecule has 0 aliphatic heterocycles. The van der Waals surface area contributed by atoms with E-state index in [4.69, 9.17) is 4.42 Å². The Balaban J connectivity index is 2.52. The van der Waals surface area contributed by atoms with Crippen molar-refractivity contribution in [3.05, 3.63) is 36.1 Å². The van der Waals surface area contributed by atoms with Crippen LogP contribution in [0.5, 0.6) is 11.5 Å². The summed E-state index contributed by atoms with van der Waals surface area (Å²) in [6.07, 6.45) is 0.573. The van der Waals surface area contributed by atoms with Crippen molar-refractivity contribution in [2.75, 3.05) is 0 Å². The van der Waals surface area contributed by atoms with Crippen LogP contribution in [0.4, 0.5) is 0 Å². The molecule has 1 aromatic carbocycles. The molecule has 15 heavy (non-hydrogen) atoms. The molecule has 0 bridgehead atoms. The Morgan fingerprint density at radius 3 is 2.60 bits per heavy atom. The topological polar surface area (TPSA) is 70.7 Å². The first-order valence-electron chi connectivity index (χ1n) is 4.28. The molecule has 4 nitrogen and oxygen atoms in total. The van der Waals surface area contributed by atoms with Gasteiger partial charge in [0.25, 0.3) is 0 Å². The average molecular weight is 204 g/mol. The number of hydrogen-bond donors (Lipinski definition) is 2. The van der Waals surface area contributed by atoms with Crippen LogP contribution in [0.25, 0.3) is 11.3 Å². The third-order valence-corrected chi connectivity index (χ3v) is 1.99. The van der Waals surface area contributed by atoms with Crippen molar-refractivity contribution in [2.24, 2.45) is 0 Å². The summed E-state index contributed by atoms with van der Waals surface area (Å²) in [4.78, 5) is 10.4. The van der Waals surface area contributed by atoms with Crippen LogP contribution in [0, 0.1) is 0 Å². The van der Waals surface area contributed by atoms with Crippen LogP contribution >= 0.6 is 0 Å². The van der Waals surface area contributed by atoms with Crippen LogP contribution in [0.2, 0.25) is 0 Å². The summed E-state index contributed by atoms with van der Waals surface area (Å²) in [5, 5.41) is 18.8. The first-order valence-corrected chi connectivity index (χ1v) is 4.28. The third-order valence-electron chi connectivity index (χ3n) is 1.99. The minimum atomic E-state index is -0.0143. The smallest absolute Gasteiger partial charge is 0.185 e. The lowest BCUT2D eigenvalue weighted by Crippen LogP contribution is -1.76. The van der Waals surface area contributed by atoms with Gasteiger partial charge in [0.2, 0.25) is 0 Å². The van der Waals surface area contributed by atoms with Gasteiger partial charge in [0.05, 0.1) is 5.56 Å². The molecular formula is C11H8O4. The molecule has 1 aromatic heterocycles. The third kappa shape index (κ3) is 1.69. The monoisotopic (exact) mass is 204 g/mol. The van der Waals surface area contributed by atoms with Crippen molar-refractivity contribution in [2.45, 2.75) is 0 Å². The van der Waals surface area contributed by atoms with Gasteiger partial charge in [-0.3, -0.25) is 4.79 Å². The lowest BCUT2D eigenvalue weighted by molar-refractivity contribution is 0.110. The number of aldehydes is 1. The molecule has 76 valence electrons. The molecule has 0 aliphatic carbocycles. The van der Waals surface area contributed by atoms with E-state index in [1.165, 1.54) is 24.3 Å². The number of carbonyl (C=O) groups is 1. The van der Waals surface area contributed by atoms with Crippen molar-refractivity contribution in [1.82, 2.24) is 0 Å². The van der Waals surface area contributed by atoms with E-state index in [-0.39, 0.29) is 17.3 Å². The number of hydrogen-bond acceptors (Lipinski definition) is 4. The molecule has 0 radical (unpaired) electrons. The molecule has 0 fully saturated rings. The maximum atomic E-state index is 10.4. The van der Waals surface area contributed by atoms with Crippen LogP contribution in [-0.2, 0) is 0 Å². The summed E-state index contributed by atoms with van der Waals surface area (Å²) in [7, 11) is 0. The number of phenols is 2. The van der Waals surface area contributed by atoms with Gasteiger partial charge in [0.1, 0.15) is 17.3 Å². The largest absolute Gasteiger partial charge is 0.508 e. The molecule has 0 atom stereocenters. The van der Waals surface area contributed by atoms with E-state index in [2.05, 4.69) is 0 Å². The highest BCUT2D eigenvalue weighted by atomic mass is 16.3. The van der Waals surface area contributed by atoms with E-state index < -0.39 is 0 Å². The molecule has 0 aliphatic rings. The number of rotatable bonds is 2. The highest BCUT2D eigenvalue weighted by Crippen LogP contribution is 2.32. The van der Waals surface area contributed by atoms with E-state index in [0.29, 0.717) is 17.6 Å². The summed E-state index contributed by atoms with van der Waals surface area (Å²) in [6.45, 7) is 0. The average Bonchev–Trinajstić information content (AvgIpc) is 2.70. The zero-order chi connectivity index (χ0) is 10.8. The summed E-state index contributed by atoms with van der Waals surface area (Å²) >= 11 is 0. The van der Waals surface area contributed by atoms with Crippen LogP contribution in [0.3, 0.4) is 0 Å². The quantitative estimate of drug-likeness (QED) is 0.581. The van der Waals surface area contributed by atoms with E-state index in [1.807, 2.05) is 0 Å². The van der Waals surface area contributed by atoms with Gasteiger partial charge in [-0.1, -0.05) is 0 Å². The fraction of sp³-hybridized carbons (Fsp3) is 0. The highest BCUT2D eigenvalue weighted by Gasteiger charge is 2.09. The predicted molar refractivity (Wildman–Crippen MR) is 52.9 cm³/mol. The van der Waals surface area contributed by atoms with Crippen molar-refractivity contribution < 1.29 is 19.4 Å². The second kappa shape index (κ2) is 3.49. The summed E-state index contributed by atoms with van der Waals surface area (Å²) in [6, 6.07) is 7.13. The van der Waals surface area contributed by atoms with Crippen molar-refractivity contribution in [1.29, 1.82) is 0 Å². The molecule has 4 heteroatoms. The van der Waals surface area contributed by atoms with Crippen LogP contribution in [0.1, 0.15) is 10.6 Å². The van der Waals surface area contributed by atoms with Crippen molar-refractivity contribution in [3.63, 3.8) is 0 Å². The van der Waals surface area contributed by atoms with Gasteiger partial charge >= 0.3 is 0 Å². The summed E-state index contributed by atoms with van der Waals surface area (Å²) < 4.78 is 5.12. The predicted octanol–water partition coefficient (Wildman–Crippen LogP) is 2.17. The zero-order valence-electron chi connectivity index (χ0n) is 7.68. The minimum Gasteiger partial charge on any atom is -0.508 e.